The molecule has 2 bridgehead atoms. The Morgan fingerprint density at radius 1 is 0.870 bits per heavy atom. The number of hydrogen-bond acceptors (Lipinski definition) is 4. The molecule has 5 nitrogen and oxygen atoms in total. The molecule has 2 aromatic carbocycles. The summed E-state index contributed by atoms with van der Waals surface area (Å²) in [5, 5.41) is 20.9. The van der Waals surface area contributed by atoms with Crippen LogP contribution in [0.4, 0.5) is 0 Å². The predicted molar refractivity (Wildman–Crippen MR) is 84.4 cm³/mol. The van der Waals surface area contributed by atoms with Crippen LogP contribution in [-0.2, 0) is 13.1 Å². The summed E-state index contributed by atoms with van der Waals surface area (Å²) in [6, 6.07) is 7.70. The minimum absolute atomic E-state index is 0.172. The number of quaternary nitrogens is 1. The molecule has 0 saturated carbocycles. The van der Waals surface area contributed by atoms with E-state index in [0.717, 1.165) is 41.9 Å². The molecule has 2 aliphatic rings. The van der Waals surface area contributed by atoms with E-state index in [1.54, 1.807) is 14.2 Å². The molecule has 0 atom stereocenters. The monoisotopic (exact) mass is 314 g/mol. The van der Waals surface area contributed by atoms with Crippen molar-refractivity contribution in [1.82, 2.24) is 0 Å². The summed E-state index contributed by atoms with van der Waals surface area (Å²) >= 11 is 0. The SMILES string of the molecule is COc1ccc2c(c1O)C[NH+]1Cc3c(ccc(OC)c3O)C2C1. The standard InChI is InChI=1S/C18H19NO4/c1-22-15-5-3-10-12-7-19(8-13(10)17(15)20)9-14-11(12)4-6-16(23-2)18(14)21/h3-6,12,20-21H,7-9H2,1-2H3/p+1. The number of phenols is 2. The molecule has 0 saturated heterocycles. The number of nitrogens with one attached hydrogen (secondary N) is 1. The lowest BCUT2D eigenvalue weighted by atomic mass is 9.79. The summed E-state index contributed by atoms with van der Waals surface area (Å²) in [4.78, 5) is 1.32. The van der Waals surface area contributed by atoms with Gasteiger partial charge in [0.2, 0.25) is 0 Å². The van der Waals surface area contributed by atoms with Gasteiger partial charge >= 0.3 is 0 Å². The predicted octanol–water partition coefficient (Wildman–Crippen LogP) is 1.16. The first kappa shape index (κ1) is 14.2. The van der Waals surface area contributed by atoms with E-state index >= 15 is 0 Å². The highest BCUT2D eigenvalue weighted by Crippen LogP contribution is 2.44. The fraction of sp³-hybridized carbons (Fsp3) is 0.333. The Labute approximate surface area is 134 Å². The maximum atomic E-state index is 10.5. The minimum Gasteiger partial charge on any atom is -0.504 e. The van der Waals surface area contributed by atoms with Gasteiger partial charge in [-0.3, -0.25) is 0 Å². The number of phenolic OH excluding ortho intramolecular Hbond substituents is 2. The number of rotatable bonds is 2. The van der Waals surface area contributed by atoms with Crippen molar-refractivity contribution in [2.45, 2.75) is 19.0 Å². The normalized spacial score (nSPS) is 21.3. The Morgan fingerprint density at radius 2 is 1.35 bits per heavy atom. The summed E-state index contributed by atoms with van der Waals surface area (Å²) in [6.45, 7) is 2.42. The van der Waals surface area contributed by atoms with Crippen LogP contribution in [0.25, 0.3) is 0 Å². The fourth-order valence-corrected chi connectivity index (χ4v) is 4.00. The van der Waals surface area contributed by atoms with Crippen molar-refractivity contribution in [3.63, 3.8) is 0 Å². The van der Waals surface area contributed by atoms with Gasteiger partial charge in [-0.15, -0.1) is 0 Å². The van der Waals surface area contributed by atoms with E-state index < -0.39 is 0 Å². The van der Waals surface area contributed by atoms with Crippen molar-refractivity contribution in [1.29, 1.82) is 0 Å². The maximum Gasteiger partial charge on any atom is 0.166 e. The highest BCUT2D eigenvalue weighted by Gasteiger charge is 2.39. The first-order valence-electron chi connectivity index (χ1n) is 7.75. The van der Waals surface area contributed by atoms with Gasteiger partial charge in [-0.05, 0) is 23.3 Å². The van der Waals surface area contributed by atoms with Gasteiger partial charge in [0.05, 0.1) is 37.8 Å². The van der Waals surface area contributed by atoms with Crippen molar-refractivity contribution in [3.05, 3.63) is 46.5 Å². The van der Waals surface area contributed by atoms with E-state index in [2.05, 4.69) is 0 Å². The number of aromatic hydroxyl groups is 2. The van der Waals surface area contributed by atoms with Gasteiger partial charge in [0.1, 0.15) is 13.1 Å². The Bertz CT molecular complexity index is 724. The molecule has 120 valence electrons. The molecule has 0 radical (unpaired) electrons. The van der Waals surface area contributed by atoms with E-state index in [9.17, 15) is 10.2 Å². The molecule has 2 aromatic rings. The Hall–Kier alpha value is -2.40. The lowest BCUT2D eigenvalue weighted by Gasteiger charge is -2.38. The van der Waals surface area contributed by atoms with Crippen LogP contribution >= 0.6 is 0 Å². The Kier molecular flexibility index (Phi) is 3.13. The van der Waals surface area contributed by atoms with E-state index in [0.29, 0.717) is 11.5 Å². The number of fused-ring (bicyclic) bond motifs is 6. The molecule has 0 fully saturated rings. The average molecular weight is 314 g/mol. The molecular weight excluding hydrogens is 294 g/mol. The molecule has 2 heterocycles. The zero-order valence-electron chi connectivity index (χ0n) is 13.2. The lowest BCUT2D eigenvalue weighted by molar-refractivity contribution is -0.933. The van der Waals surface area contributed by atoms with Crippen LogP contribution in [0.2, 0.25) is 0 Å². The second-order valence-corrected chi connectivity index (χ2v) is 6.23. The summed E-state index contributed by atoms with van der Waals surface area (Å²) in [5.41, 5.74) is 4.16. The second-order valence-electron chi connectivity index (χ2n) is 6.23. The largest absolute Gasteiger partial charge is 0.504 e. The molecule has 23 heavy (non-hydrogen) atoms. The van der Waals surface area contributed by atoms with Crippen molar-refractivity contribution in [2.75, 3.05) is 20.8 Å². The number of hydrogen-bond donors (Lipinski definition) is 3. The highest BCUT2D eigenvalue weighted by atomic mass is 16.5. The average Bonchev–Trinajstić information content (AvgIpc) is 2.57. The van der Waals surface area contributed by atoms with Crippen molar-refractivity contribution < 1.29 is 24.6 Å². The summed E-state index contributed by atoms with van der Waals surface area (Å²) < 4.78 is 10.5. The van der Waals surface area contributed by atoms with Crippen LogP contribution in [0.5, 0.6) is 23.0 Å². The third-order valence-electron chi connectivity index (χ3n) is 5.10. The van der Waals surface area contributed by atoms with Crippen molar-refractivity contribution in [2.24, 2.45) is 0 Å². The third-order valence-corrected chi connectivity index (χ3v) is 5.10. The molecule has 2 aliphatic heterocycles. The molecule has 4 rings (SSSR count). The second kappa shape index (κ2) is 5.06. The van der Waals surface area contributed by atoms with Crippen LogP contribution < -0.4 is 14.4 Å². The molecule has 5 heteroatoms. The summed E-state index contributed by atoms with van der Waals surface area (Å²) in [5.74, 6) is 1.69. The Balaban J connectivity index is 1.89. The van der Waals surface area contributed by atoms with Crippen molar-refractivity contribution >= 4 is 0 Å². The molecule has 0 unspecified atom stereocenters. The fourth-order valence-electron chi connectivity index (χ4n) is 4.00. The van der Waals surface area contributed by atoms with Crippen LogP contribution in [0.15, 0.2) is 24.3 Å². The first-order valence-corrected chi connectivity index (χ1v) is 7.75. The molecule has 0 amide bonds. The highest BCUT2D eigenvalue weighted by molar-refractivity contribution is 5.58. The zero-order valence-corrected chi connectivity index (χ0v) is 13.2. The van der Waals surface area contributed by atoms with E-state index in [1.165, 1.54) is 4.90 Å². The van der Waals surface area contributed by atoms with Gasteiger partial charge in [0.15, 0.2) is 23.0 Å². The van der Waals surface area contributed by atoms with Gasteiger partial charge in [-0.2, -0.15) is 0 Å². The van der Waals surface area contributed by atoms with Crippen LogP contribution in [0, 0.1) is 0 Å². The number of methoxy groups -OCH3 is 2. The van der Waals surface area contributed by atoms with Gasteiger partial charge < -0.3 is 24.6 Å². The van der Waals surface area contributed by atoms with Gasteiger partial charge in [0.25, 0.3) is 0 Å². The van der Waals surface area contributed by atoms with Crippen molar-refractivity contribution in [3.8, 4) is 23.0 Å². The van der Waals surface area contributed by atoms with Crippen LogP contribution in [0.1, 0.15) is 28.2 Å². The van der Waals surface area contributed by atoms with E-state index in [4.69, 9.17) is 9.47 Å². The van der Waals surface area contributed by atoms with E-state index in [-0.39, 0.29) is 17.4 Å². The minimum atomic E-state index is 0.172. The van der Waals surface area contributed by atoms with Crippen LogP contribution in [-0.4, -0.2) is 31.0 Å². The van der Waals surface area contributed by atoms with Gasteiger partial charge in [-0.25, -0.2) is 0 Å². The third kappa shape index (κ3) is 1.96. The van der Waals surface area contributed by atoms with Crippen LogP contribution in [0.3, 0.4) is 0 Å². The maximum absolute atomic E-state index is 10.5. The van der Waals surface area contributed by atoms with Gasteiger partial charge in [-0.1, -0.05) is 12.1 Å². The van der Waals surface area contributed by atoms with E-state index in [1.807, 2.05) is 24.3 Å². The summed E-state index contributed by atoms with van der Waals surface area (Å²) in [7, 11) is 3.13. The molecule has 0 spiro atoms. The van der Waals surface area contributed by atoms with Gasteiger partial charge in [0, 0.05) is 0 Å². The molecule has 0 aromatic heterocycles. The molecule has 0 aliphatic carbocycles. The zero-order chi connectivity index (χ0) is 16.1. The lowest BCUT2D eigenvalue weighted by Crippen LogP contribution is -3.11. The smallest absolute Gasteiger partial charge is 0.166 e. The summed E-state index contributed by atoms with van der Waals surface area (Å²) in [6.07, 6.45) is 0. The Morgan fingerprint density at radius 3 is 1.78 bits per heavy atom. The topological polar surface area (TPSA) is 63.4 Å². The quantitative estimate of drug-likeness (QED) is 0.778. The first-order chi connectivity index (χ1) is 11.1. The molecule has 3 N–H and O–H groups in total. The number of benzene rings is 2. The number of ether oxygens (including phenoxy) is 2. The molecular formula is C18H20NO4+.